The summed E-state index contributed by atoms with van der Waals surface area (Å²) in [5.74, 6) is 2.38. The highest BCUT2D eigenvalue weighted by atomic mass is 35.5. The number of halogens is 1. The van der Waals surface area contributed by atoms with E-state index in [0.29, 0.717) is 24.0 Å². The molecule has 5 nitrogen and oxygen atoms in total. The van der Waals surface area contributed by atoms with Gasteiger partial charge >= 0.3 is 0 Å². The third-order valence-electron chi connectivity index (χ3n) is 5.96. The van der Waals surface area contributed by atoms with Crippen LogP contribution in [0, 0.1) is 18.8 Å². The molecule has 0 spiro atoms. The predicted molar refractivity (Wildman–Crippen MR) is 129 cm³/mol. The molecule has 2 aromatic carbocycles. The summed E-state index contributed by atoms with van der Waals surface area (Å²) in [4.78, 5) is 2.35. The Morgan fingerprint density at radius 2 is 1.91 bits per heavy atom. The minimum atomic E-state index is -0.365. The maximum Gasteiger partial charge on any atom is 0.227 e. The summed E-state index contributed by atoms with van der Waals surface area (Å²) in [6.45, 7) is 8.44. The standard InChI is InChI=1S/C26H32ClN3O2/c1-18(2)25(31)17-29(15-20-12-13-20)16-24-19(3)28-30(22-9-7-8-21(27)14-22)26(24)32-23-10-5-4-6-11-23/h4-11,14,18,20,25,31H,12-13,15-17H2,1-3H3. The third kappa shape index (κ3) is 5.71. The minimum Gasteiger partial charge on any atom is -0.439 e. The van der Waals surface area contributed by atoms with Crippen LogP contribution in [0.15, 0.2) is 54.6 Å². The van der Waals surface area contributed by atoms with E-state index in [1.807, 2.05) is 66.2 Å². The Balaban J connectivity index is 1.70. The molecule has 1 atom stereocenters. The van der Waals surface area contributed by atoms with Gasteiger partial charge in [0, 0.05) is 24.7 Å². The number of hydrogen-bond donors (Lipinski definition) is 1. The fourth-order valence-corrected chi connectivity index (χ4v) is 3.96. The SMILES string of the molecule is Cc1nn(-c2cccc(Cl)c2)c(Oc2ccccc2)c1CN(CC1CC1)CC(O)C(C)C. The van der Waals surface area contributed by atoms with Gasteiger partial charge in [0.05, 0.1) is 23.0 Å². The van der Waals surface area contributed by atoms with Crippen molar-refractivity contribution in [3.63, 3.8) is 0 Å². The van der Waals surface area contributed by atoms with Crippen LogP contribution >= 0.6 is 11.6 Å². The molecule has 1 N–H and O–H groups in total. The number of hydrogen-bond acceptors (Lipinski definition) is 4. The first-order chi connectivity index (χ1) is 15.4. The summed E-state index contributed by atoms with van der Waals surface area (Å²) in [6, 6.07) is 17.4. The number of rotatable bonds is 10. The van der Waals surface area contributed by atoms with Crippen LogP contribution in [0.2, 0.25) is 5.02 Å². The van der Waals surface area contributed by atoms with E-state index in [0.717, 1.165) is 35.2 Å². The van der Waals surface area contributed by atoms with Gasteiger partial charge in [0.15, 0.2) is 0 Å². The lowest BCUT2D eigenvalue weighted by atomic mass is 10.1. The zero-order valence-corrected chi connectivity index (χ0v) is 19.8. The van der Waals surface area contributed by atoms with Gasteiger partial charge in [-0.2, -0.15) is 5.10 Å². The average Bonchev–Trinajstić information content (AvgIpc) is 3.53. The zero-order valence-electron chi connectivity index (χ0n) is 19.0. The molecule has 32 heavy (non-hydrogen) atoms. The second kappa shape index (κ2) is 10.1. The summed E-state index contributed by atoms with van der Waals surface area (Å²) in [5, 5.41) is 16.1. The smallest absolute Gasteiger partial charge is 0.227 e. The van der Waals surface area contributed by atoms with Crippen molar-refractivity contribution >= 4 is 11.6 Å². The van der Waals surface area contributed by atoms with Crippen LogP contribution in [-0.4, -0.2) is 39.0 Å². The van der Waals surface area contributed by atoms with E-state index in [4.69, 9.17) is 21.4 Å². The minimum absolute atomic E-state index is 0.215. The highest BCUT2D eigenvalue weighted by molar-refractivity contribution is 6.30. The van der Waals surface area contributed by atoms with Gasteiger partial charge in [-0.15, -0.1) is 0 Å². The van der Waals surface area contributed by atoms with E-state index in [1.165, 1.54) is 12.8 Å². The van der Waals surface area contributed by atoms with Crippen molar-refractivity contribution in [2.75, 3.05) is 13.1 Å². The maximum atomic E-state index is 10.6. The average molecular weight is 454 g/mol. The number of para-hydroxylation sites is 1. The van der Waals surface area contributed by atoms with Crippen molar-refractivity contribution in [2.24, 2.45) is 11.8 Å². The number of aliphatic hydroxyl groups is 1. The quantitative estimate of drug-likeness (QED) is 0.418. The lowest BCUT2D eigenvalue weighted by Crippen LogP contribution is -2.36. The Labute approximate surface area is 195 Å². The Bertz CT molecular complexity index is 1030. The molecule has 6 heteroatoms. The fraction of sp³-hybridized carbons (Fsp3) is 0.423. The normalized spacial score (nSPS) is 14.8. The Morgan fingerprint density at radius 3 is 2.56 bits per heavy atom. The van der Waals surface area contributed by atoms with E-state index in [2.05, 4.69) is 18.7 Å². The molecule has 0 bridgehead atoms. The van der Waals surface area contributed by atoms with Gasteiger partial charge in [-0.1, -0.05) is 49.7 Å². The summed E-state index contributed by atoms with van der Waals surface area (Å²) >= 11 is 6.27. The molecule has 1 fully saturated rings. The van der Waals surface area contributed by atoms with E-state index in [-0.39, 0.29) is 12.0 Å². The molecule has 1 aliphatic rings. The second-order valence-electron chi connectivity index (χ2n) is 9.12. The van der Waals surface area contributed by atoms with E-state index >= 15 is 0 Å². The van der Waals surface area contributed by atoms with Crippen molar-refractivity contribution in [3.05, 3.63) is 70.9 Å². The third-order valence-corrected chi connectivity index (χ3v) is 6.19. The second-order valence-corrected chi connectivity index (χ2v) is 9.56. The van der Waals surface area contributed by atoms with Crippen molar-refractivity contribution in [3.8, 4) is 17.3 Å². The van der Waals surface area contributed by atoms with Crippen molar-refractivity contribution in [2.45, 2.75) is 46.3 Å². The highest BCUT2D eigenvalue weighted by Crippen LogP contribution is 2.34. The van der Waals surface area contributed by atoms with Crippen molar-refractivity contribution in [1.29, 1.82) is 0 Å². The van der Waals surface area contributed by atoms with Gasteiger partial charge in [-0.25, -0.2) is 4.68 Å². The van der Waals surface area contributed by atoms with Crippen LogP contribution in [0.5, 0.6) is 11.6 Å². The molecule has 1 unspecified atom stereocenters. The number of aliphatic hydroxyl groups excluding tert-OH is 1. The number of benzene rings is 2. The molecule has 1 heterocycles. The molecule has 0 radical (unpaired) electrons. The van der Waals surface area contributed by atoms with E-state index < -0.39 is 0 Å². The molecule has 1 aliphatic carbocycles. The van der Waals surface area contributed by atoms with E-state index in [1.54, 1.807) is 0 Å². The first kappa shape index (κ1) is 22.8. The summed E-state index contributed by atoms with van der Waals surface area (Å²) in [6.07, 6.45) is 2.17. The lowest BCUT2D eigenvalue weighted by Gasteiger charge is -2.27. The van der Waals surface area contributed by atoms with Gasteiger partial charge in [-0.05, 0) is 61.9 Å². The van der Waals surface area contributed by atoms with Gasteiger partial charge in [0.2, 0.25) is 5.88 Å². The van der Waals surface area contributed by atoms with Gasteiger partial charge in [-0.3, -0.25) is 4.90 Å². The highest BCUT2D eigenvalue weighted by Gasteiger charge is 2.28. The Morgan fingerprint density at radius 1 is 1.16 bits per heavy atom. The van der Waals surface area contributed by atoms with E-state index in [9.17, 15) is 5.11 Å². The number of aromatic nitrogens is 2. The molecule has 4 rings (SSSR count). The predicted octanol–water partition coefficient (Wildman–Crippen LogP) is 5.86. The van der Waals surface area contributed by atoms with Gasteiger partial charge in [0.1, 0.15) is 5.75 Å². The Hall–Kier alpha value is -2.34. The van der Waals surface area contributed by atoms with Gasteiger partial charge < -0.3 is 9.84 Å². The number of nitrogens with zero attached hydrogens (tertiary/aromatic N) is 3. The molecule has 1 saturated carbocycles. The van der Waals surface area contributed by atoms with Crippen molar-refractivity contribution < 1.29 is 9.84 Å². The molecular weight excluding hydrogens is 422 g/mol. The molecule has 0 saturated heterocycles. The first-order valence-corrected chi connectivity index (χ1v) is 11.8. The summed E-state index contributed by atoms with van der Waals surface area (Å²) in [5.41, 5.74) is 2.80. The monoisotopic (exact) mass is 453 g/mol. The molecule has 3 aromatic rings. The first-order valence-electron chi connectivity index (χ1n) is 11.4. The molecule has 0 aliphatic heterocycles. The molecule has 170 valence electrons. The molecular formula is C26H32ClN3O2. The summed E-state index contributed by atoms with van der Waals surface area (Å²) < 4.78 is 8.23. The van der Waals surface area contributed by atoms with Gasteiger partial charge in [0.25, 0.3) is 0 Å². The van der Waals surface area contributed by atoms with Crippen molar-refractivity contribution in [1.82, 2.24) is 14.7 Å². The van der Waals surface area contributed by atoms with Crippen LogP contribution in [0.4, 0.5) is 0 Å². The van der Waals surface area contributed by atoms with Crippen LogP contribution in [-0.2, 0) is 6.54 Å². The maximum absolute atomic E-state index is 10.6. The topological polar surface area (TPSA) is 50.5 Å². The number of aryl methyl sites for hydroxylation is 1. The lowest BCUT2D eigenvalue weighted by molar-refractivity contribution is 0.0708. The summed E-state index contributed by atoms with van der Waals surface area (Å²) in [7, 11) is 0. The Kier molecular flexibility index (Phi) is 7.19. The number of ether oxygens (including phenoxy) is 1. The molecule has 1 aromatic heterocycles. The van der Waals surface area contributed by atoms with Crippen LogP contribution in [0.3, 0.4) is 0 Å². The van der Waals surface area contributed by atoms with Crippen LogP contribution in [0.25, 0.3) is 5.69 Å². The zero-order chi connectivity index (χ0) is 22.7. The molecule has 0 amide bonds. The van der Waals surface area contributed by atoms with Crippen LogP contribution in [0.1, 0.15) is 37.9 Å². The van der Waals surface area contributed by atoms with Crippen LogP contribution < -0.4 is 4.74 Å². The fourth-order valence-electron chi connectivity index (χ4n) is 3.78. The largest absolute Gasteiger partial charge is 0.439 e.